The molecule has 50 valence electrons. The fraction of sp³-hybridized carbons (Fsp3) is 0.444. The van der Waals surface area contributed by atoms with E-state index in [0.717, 1.165) is 0 Å². The zero-order chi connectivity index (χ0) is 6.72. The smallest absolute Gasteiger partial charge is 0.0967 e. The van der Waals surface area contributed by atoms with Gasteiger partial charge >= 0.3 is 0 Å². The number of nitrogens with zero attached hydrogens (tertiary/aromatic N) is 1. The van der Waals surface area contributed by atoms with Gasteiger partial charge in [0.2, 0.25) is 0 Å². The summed E-state index contributed by atoms with van der Waals surface area (Å²) >= 11 is 0. The summed E-state index contributed by atoms with van der Waals surface area (Å²) in [5.74, 6) is 0. The Kier molecular flexibility index (Phi) is 0.618. The van der Waals surface area contributed by atoms with Crippen LogP contribution in [0.4, 0.5) is 0 Å². The van der Waals surface area contributed by atoms with E-state index in [1.54, 1.807) is 22.3 Å². The van der Waals surface area contributed by atoms with Crippen LogP contribution < -0.4 is 0 Å². The van der Waals surface area contributed by atoms with Gasteiger partial charge < -0.3 is 0 Å². The average Bonchev–Trinajstić information content (AvgIpc) is 2.47. The van der Waals surface area contributed by atoms with Gasteiger partial charge in [0.05, 0.1) is 6.04 Å². The van der Waals surface area contributed by atoms with Gasteiger partial charge in [-0.25, -0.2) is 0 Å². The summed E-state index contributed by atoms with van der Waals surface area (Å²) < 4.78 is 0. The Labute approximate surface area is 60.2 Å². The maximum Gasteiger partial charge on any atom is 0.0967 e. The highest BCUT2D eigenvalue weighted by molar-refractivity contribution is 5.75. The highest BCUT2D eigenvalue weighted by Crippen LogP contribution is 2.61. The van der Waals surface area contributed by atoms with Crippen molar-refractivity contribution in [3.05, 3.63) is 22.3 Å². The van der Waals surface area contributed by atoms with Crippen LogP contribution in [-0.4, -0.2) is 12.3 Å². The lowest BCUT2D eigenvalue weighted by molar-refractivity contribution is 0.804. The first kappa shape index (κ1) is 4.89. The van der Waals surface area contributed by atoms with E-state index in [9.17, 15) is 0 Å². The van der Waals surface area contributed by atoms with Gasteiger partial charge in [-0.2, -0.15) is 0 Å². The summed E-state index contributed by atoms with van der Waals surface area (Å²) in [5.41, 5.74) is 6.57. The fourth-order valence-electron chi connectivity index (χ4n) is 2.32. The summed E-state index contributed by atoms with van der Waals surface area (Å²) in [6.07, 6.45) is 4.50. The van der Waals surface area contributed by atoms with Gasteiger partial charge in [0.15, 0.2) is 0 Å². The third-order valence-corrected chi connectivity index (χ3v) is 2.79. The molecule has 0 saturated carbocycles. The third kappa shape index (κ3) is 0.297. The van der Waals surface area contributed by atoms with Crippen LogP contribution in [0.25, 0.3) is 0 Å². The molecule has 1 nitrogen and oxygen atoms in total. The molecule has 0 saturated heterocycles. The normalized spacial score (nSPS) is 33.5. The lowest BCUT2D eigenvalue weighted by atomic mass is 9.76. The first-order chi connectivity index (χ1) is 4.92. The molecule has 0 radical (unpaired) electrons. The lowest BCUT2D eigenvalue weighted by Gasteiger charge is -2.32. The van der Waals surface area contributed by atoms with Crippen molar-refractivity contribution in [3.8, 4) is 0 Å². The molecule has 0 amide bonds. The Balaban J connectivity index is 2.07. The van der Waals surface area contributed by atoms with Crippen LogP contribution in [-0.2, 0) is 0 Å². The van der Waals surface area contributed by atoms with Crippen molar-refractivity contribution in [1.29, 1.82) is 0 Å². The summed E-state index contributed by atoms with van der Waals surface area (Å²) in [6.45, 7) is 2.00. The second-order valence-electron chi connectivity index (χ2n) is 3.18. The molecular weight excluding hydrogens is 122 g/mol. The van der Waals surface area contributed by atoms with Gasteiger partial charge in [-0.05, 0) is 42.7 Å². The Hall–Kier alpha value is -0.850. The first-order valence-corrected chi connectivity index (χ1v) is 3.84. The van der Waals surface area contributed by atoms with E-state index >= 15 is 0 Å². The maximum absolute atomic E-state index is 4.39. The van der Waals surface area contributed by atoms with E-state index < -0.39 is 0 Å². The second-order valence-corrected chi connectivity index (χ2v) is 3.18. The fourth-order valence-corrected chi connectivity index (χ4v) is 2.32. The standard InChI is InChI=1S/C9H9N/c1-2-10-9-7-4-5-3-6(7)8(5)9/h2,9H,3-4H2,1H3. The molecule has 5 aliphatic rings. The van der Waals surface area contributed by atoms with Crippen molar-refractivity contribution in [2.75, 3.05) is 0 Å². The molecule has 0 spiro atoms. The number of hydrogen-bond acceptors (Lipinski definition) is 1. The van der Waals surface area contributed by atoms with Crippen molar-refractivity contribution in [1.82, 2.24) is 0 Å². The number of rotatable bonds is 1. The van der Waals surface area contributed by atoms with Crippen LogP contribution in [0.1, 0.15) is 19.8 Å². The van der Waals surface area contributed by atoms with Crippen LogP contribution in [0.5, 0.6) is 0 Å². The summed E-state index contributed by atoms with van der Waals surface area (Å²) in [5, 5.41) is 0. The summed E-state index contributed by atoms with van der Waals surface area (Å²) in [7, 11) is 0. The molecule has 1 atom stereocenters. The van der Waals surface area contributed by atoms with Crippen molar-refractivity contribution in [2.45, 2.75) is 25.8 Å². The predicted molar refractivity (Wildman–Crippen MR) is 41.2 cm³/mol. The molecule has 10 heavy (non-hydrogen) atoms. The second kappa shape index (κ2) is 1.26. The zero-order valence-electron chi connectivity index (χ0n) is 6.02. The predicted octanol–water partition coefficient (Wildman–Crippen LogP) is 1.86. The van der Waals surface area contributed by atoms with Crippen molar-refractivity contribution >= 4 is 6.21 Å². The van der Waals surface area contributed by atoms with Gasteiger partial charge in [0.25, 0.3) is 0 Å². The highest BCUT2D eigenvalue weighted by atomic mass is 14.8. The van der Waals surface area contributed by atoms with Gasteiger partial charge in [0.1, 0.15) is 0 Å². The molecule has 5 aliphatic carbocycles. The Morgan fingerprint density at radius 1 is 1.50 bits per heavy atom. The molecule has 0 aromatic carbocycles. The molecule has 0 aliphatic heterocycles. The molecule has 1 heteroatoms. The lowest BCUT2D eigenvalue weighted by Crippen LogP contribution is -2.24. The monoisotopic (exact) mass is 131 g/mol. The van der Waals surface area contributed by atoms with Crippen molar-refractivity contribution in [2.24, 2.45) is 4.99 Å². The van der Waals surface area contributed by atoms with Crippen LogP contribution in [0.2, 0.25) is 0 Å². The topological polar surface area (TPSA) is 12.4 Å². The van der Waals surface area contributed by atoms with Crippen molar-refractivity contribution in [3.63, 3.8) is 0 Å². The molecule has 0 N–H and O–H groups in total. The van der Waals surface area contributed by atoms with Crippen LogP contribution in [0, 0.1) is 0 Å². The molecule has 5 rings (SSSR count). The molecule has 0 fully saturated rings. The minimum atomic E-state index is 0.531. The molecule has 0 aromatic rings. The molecular formula is C9H9N. The van der Waals surface area contributed by atoms with Gasteiger partial charge in [0, 0.05) is 0 Å². The quantitative estimate of drug-likeness (QED) is 0.482. The Morgan fingerprint density at radius 3 is 2.90 bits per heavy atom. The van der Waals surface area contributed by atoms with Gasteiger partial charge in [-0.3, -0.25) is 4.99 Å². The van der Waals surface area contributed by atoms with Crippen LogP contribution in [0.15, 0.2) is 27.3 Å². The maximum atomic E-state index is 4.39. The Morgan fingerprint density at radius 2 is 2.40 bits per heavy atom. The molecule has 0 aromatic heterocycles. The van der Waals surface area contributed by atoms with E-state index in [4.69, 9.17) is 0 Å². The van der Waals surface area contributed by atoms with E-state index in [1.165, 1.54) is 12.8 Å². The summed E-state index contributed by atoms with van der Waals surface area (Å²) in [6, 6.07) is 0.531. The summed E-state index contributed by atoms with van der Waals surface area (Å²) in [4.78, 5) is 4.39. The van der Waals surface area contributed by atoms with Crippen LogP contribution >= 0.6 is 0 Å². The largest absolute Gasteiger partial charge is 0.285 e. The third-order valence-electron chi connectivity index (χ3n) is 2.79. The Bertz CT molecular complexity index is 305. The van der Waals surface area contributed by atoms with E-state index in [-0.39, 0.29) is 0 Å². The van der Waals surface area contributed by atoms with Gasteiger partial charge in [-0.15, -0.1) is 0 Å². The highest BCUT2D eigenvalue weighted by Gasteiger charge is 2.49. The average molecular weight is 131 g/mol. The molecule has 0 heterocycles. The van der Waals surface area contributed by atoms with E-state index in [1.807, 2.05) is 13.1 Å². The molecule has 1 unspecified atom stereocenters. The zero-order valence-corrected chi connectivity index (χ0v) is 6.02. The molecule has 4 bridgehead atoms. The number of allylic oxidation sites excluding steroid dienone is 1. The van der Waals surface area contributed by atoms with E-state index in [0.29, 0.717) is 6.04 Å². The number of hydrogen-bond donors (Lipinski definition) is 0. The number of aliphatic imine (C=N–C) groups is 1. The van der Waals surface area contributed by atoms with Crippen LogP contribution in [0.3, 0.4) is 0 Å². The minimum Gasteiger partial charge on any atom is -0.285 e. The van der Waals surface area contributed by atoms with Crippen molar-refractivity contribution < 1.29 is 0 Å². The SMILES string of the molecule is CC=NC1C2=C3CC(=C31)C2. The first-order valence-electron chi connectivity index (χ1n) is 3.84. The minimum absolute atomic E-state index is 0.531. The van der Waals surface area contributed by atoms with Gasteiger partial charge in [-0.1, -0.05) is 5.57 Å². The van der Waals surface area contributed by atoms with E-state index in [2.05, 4.69) is 4.99 Å².